The molecule has 7 rings (SSSR count). The molecule has 0 atom stereocenters. The van der Waals surface area contributed by atoms with Crippen molar-refractivity contribution in [3.63, 3.8) is 0 Å². The third-order valence-corrected chi connectivity index (χ3v) is 6.74. The van der Waals surface area contributed by atoms with Gasteiger partial charge in [0.1, 0.15) is 0 Å². The first kappa shape index (κ1) is 19.0. The highest BCUT2D eigenvalue weighted by molar-refractivity contribution is 6.10. The highest BCUT2D eigenvalue weighted by atomic mass is 15.0. The van der Waals surface area contributed by atoms with E-state index in [2.05, 4.69) is 143 Å². The van der Waals surface area contributed by atoms with E-state index < -0.39 is 0 Å². The van der Waals surface area contributed by atoms with Gasteiger partial charge in [0.2, 0.25) is 0 Å². The summed E-state index contributed by atoms with van der Waals surface area (Å²) in [6, 6.07) is 45.6. The van der Waals surface area contributed by atoms with Gasteiger partial charge >= 0.3 is 0 Å². The van der Waals surface area contributed by atoms with Crippen molar-refractivity contribution >= 4 is 32.7 Å². The quantitative estimate of drug-likeness (QED) is 0.264. The summed E-state index contributed by atoms with van der Waals surface area (Å²) in [7, 11) is 0. The van der Waals surface area contributed by atoms with Gasteiger partial charge in [-0.3, -0.25) is 0 Å². The van der Waals surface area contributed by atoms with Gasteiger partial charge < -0.3 is 9.13 Å². The molecule has 7 aromatic rings. The SMILES string of the molecule is c1ccc(-n2ccc3cc(-c4ccc5c(c4)c4ccccc4n5-c4ccccc4)ccc32)cc1. The molecular weight excluding hydrogens is 412 g/mol. The number of fused-ring (bicyclic) bond motifs is 4. The van der Waals surface area contributed by atoms with Gasteiger partial charge in [-0.2, -0.15) is 0 Å². The zero-order valence-electron chi connectivity index (χ0n) is 18.6. The van der Waals surface area contributed by atoms with Crippen LogP contribution in [0, 0.1) is 0 Å². The van der Waals surface area contributed by atoms with Crippen LogP contribution in [0.1, 0.15) is 0 Å². The monoisotopic (exact) mass is 434 g/mol. The van der Waals surface area contributed by atoms with Crippen LogP contribution in [-0.4, -0.2) is 9.13 Å². The first-order valence-corrected chi connectivity index (χ1v) is 11.6. The van der Waals surface area contributed by atoms with Crippen molar-refractivity contribution in [2.24, 2.45) is 0 Å². The second-order valence-corrected chi connectivity index (χ2v) is 8.71. The lowest BCUT2D eigenvalue weighted by Crippen LogP contribution is -1.92. The predicted molar refractivity (Wildman–Crippen MR) is 143 cm³/mol. The molecule has 5 aromatic carbocycles. The van der Waals surface area contributed by atoms with Crippen LogP contribution in [0.5, 0.6) is 0 Å². The average molecular weight is 435 g/mol. The molecule has 2 heterocycles. The van der Waals surface area contributed by atoms with Crippen molar-refractivity contribution in [2.45, 2.75) is 0 Å². The van der Waals surface area contributed by atoms with E-state index in [1.54, 1.807) is 0 Å². The number of benzene rings is 5. The van der Waals surface area contributed by atoms with E-state index in [-0.39, 0.29) is 0 Å². The minimum atomic E-state index is 1.18. The normalized spacial score (nSPS) is 11.5. The smallest absolute Gasteiger partial charge is 0.0541 e. The Bertz CT molecular complexity index is 1790. The fourth-order valence-corrected chi connectivity index (χ4v) is 5.14. The molecule has 2 nitrogen and oxygen atoms in total. The first-order valence-electron chi connectivity index (χ1n) is 11.6. The molecule has 0 aliphatic carbocycles. The molecule has 0 N–H and O–H groups in total. The Labute approximate surface area is 197 Å². The lowest BCUT2D eigenvalue weighted by atomic mass is 10.0. The number of nitrogens with zero attached hydrogens (tertiary/aromatic N) is 2. The Morgan fingerprint density at radius 2 is 1.03 bits per heavy atom. The summed E-state index contributed by atoms with van der Waals surface area (Å²) in [4.78, 5) is 0. The molecule has 0 saturated carbocycles. The van der Waals surface area contributed by atoms with E-state index in [1.807, 2.05) is 0 Å². The fourth-order valence-electron chi connectivity index (χ4n) is 5.14. The molecular formula is C32H22N2. The zero-order valence-corrected chi connectivity index (χ0v) is 18.6. The van der Waals surface area contributed by atoms with E-state index in [9.17, 15) is 0 Å². The Morgan fingerprint density at radius 3 is 1.82 bits per heavy atom. The van der Waals surface area contributed by atoms with Gasteiger partial charge in [-0.15, -0.1) is 0 Å². The number of aromatic nitrogens is 2. The second-order valence-electron chi connectivity index (χ2n) is 8.71. The summed E-state index contributed by atoms with van der Waals surface area (Å²) < 4.78 is 4.60. The summed E-state index contributed by atoms with van der Waals surface area (Å²) in [6.45, 7) is 0. The van der Waals surface area contributed by atoms with E-state index in [4.69, 9.17) is 0 Å². The third kappa shape index (κ3) is 2.89. The highest BCUT2D eigenvalue weighted by Gasteiger charge is 2.13. The molecule has 0 aliphatic rings. The maximum Gasteiger partial charge on any atom is 0.0541 e. The van der Waals surface area contributed by atoms with Crippen LogP contribution in [0.2, 0.25) is 0 Å². The topological polar surface area (TPSA) is 9.86 Å². The average Bonchev–Trinajstić information content (AvgIpc) is 3.48. The molecule has 0 amide bonds. The van der Waals surface area contributed by atoms with E-state index in [0.717, 1.165) is 0 Å². The molecule has 0 radical (unpaired) electrons. The highest BCUT2D eigenvalue weighted by Crippen LogP contribution is 2.35. The van der Waals surface area contributed by atoms with Gasteiger partial charge in [0.15, 0.2) is 0 Å². The van der Waals surface area contributed by atoms with Gasteiger partial charge in [-0.1, -0.05) is 66.7 Å². The zero-order chi connectivity index (χ0) is 22.5. The standard InChI is InChI=1S/C32H22N2/c1-3-9-26(10-4-1)33-20-19-25-21-23(15-17-30(25)33)24-16-18-32-29(22-24)28-13-7-8-14-31(28)34(32)27-11-5-2-6-12-27/h1-22H. The summed E-state index contributed by atoms with van der Waals surface area (Å²) in [5.41, 5.74) is 8.51. The van der Waals surface area contributed by atoms with Crippen molar-refractivity contribution in [1.29, 1.82) is 0 Å². The van der Waals surface area contributed by atoms with Crippen LogP contribution in [0.15, 0.2) is 134 Å². The van der Waals surface area contributed by atoms with Crippen molar-refractivity contribution in [3.8, 4) is 22.5 Å². The minimum Gasteiger partial charge on any atom is -0.317 e. The van der Waals surface area contributed by atoms with Crippen molar-refractivity contribution < 1.29 is 0 Å². The lowest BCUT2D eigenvalue weighted by Gasteiger charge is -2.09. The molecule has 0 fully saturated rings. The molecule has 34 heavy (non-hydrogen) atoms. The Kier molecular flexibility index (Phi) is 4.18. The first-order chi connectivity index (χ1) is 16.9. The molecule has 2 heteroatoms. The third-order valence-electron chi connectivity index (χ3n) is 6.74. The van der Waals surface area contributed by atoms with Crippen LogP contribution in [0.3, 0.4) is 0 Å². The van der Waals surface area contributed by atoms with Crippen LogP contribution >= 0.6 is 0 Å². The van der Waals surface area contributed by atoms with Gasteiger partial charge in [-0.05, 0) is 71.8 Å². The number of hydrogen-bond donors (Lipinski definition) is 0. The van der Waals surface area contributed by atoms with Gasteiger partial charge in [0, 0.05) is 33.7 Å². The minimum absolute atomic E-state index is 1.18. The lowest BCUT2D eigenvalue weighted by molar-refractivity contribution is 1.13. The predicted octanol–water partition coefficient (Wildman–Crippen LogP) is 8.39. The Morgan fingerprint density at radius 1 is 0.412 bits per heavy atom. The Hall–Kier alpha value is -4.56. The van der Waals surface area contributed by atoms with Crippen molar-refractivity contribution in [2.75, 3.05) is 0 Å². The van der Waals surface area contributed by atoms with Crippen LogP contribution in [0.25, 0.3) is 55.2 Å². The molecule has 0 saturated heterocycles. The van der Waals surface area contributed by atoms with Crippen LogP contribution in [-0.2, 0) is 0 Å². The van der Waals surface area contributed by atoms with Gasteiger partial charge in [0.05, 0.1) is 16.6 Å². The molecule has 0 aliphatic heterocycles. The fraction of sp³-hybridized carbons (Fsp3) is 0. The molecule has 2 aromatic heterocycles. The summed E-state index contributed by atoms with van der Waals surface area (Å²) in [5, 5.41) is 3.80. The second kappa shape index (κ2) is 7.50. The van der Waals surface area contributed by atoms with Crippen LogP contribution < -0.4 is 0 Å². The van der Waals surface area contributed by atoms with Gasteiger partial charge in [-0.25, -0.2) is 0 Å². The van der Waals surface area contributed by atoms with Crippen molar-refractivity contribution in [1.82, 2.24) is 9.13 Å². The van der Waals surface area contributed by atoms with E-state index in [1.165, 1.54) is 55.2 Å². The molecule has 0 spiro atoms. The number of hydrogen-bond acceptors (Lipinski definition) is 0. The maximum absolute atomic E-state index is 2.36. The molecule has 0 unspecified atom stereocenters. The maximum atomic E-state index is 2.36. The summed E-state index contributed by atoms with van der Waals surface area (Å²) in [5.74, 6) is 0. The summed E-state index contributed by atoms with van der Waals surface area (Å²) >= 11 is 0. The van der Waals surface area contributed by atoms with E-state index in [0.29, 0.717) is 0 Å². The van der Waals surface area contributed by atoms with Crippen molar-refractivity contribution in [3.05, 3.63) is 134 Å². The van der Waals surface area contributed by atoms with Crippen LogP contribution in [0.4, 0.5) is 0 Å². The van der Waals surface area contributed by atoms with Gasteiger partial charge in [0.25, 0.3) is 0 Å². The largest absolute Gasteiger partial charge is 0.317 e. The number of rotatable bonds is 3. The Balaban J connectivity index is 1.40. The number of para-hydroxylation sites is 3. The van der Waals surface area contributed by atoms with E-state index >= 15 is 0 Å². The molecule has 0 bridgehead atoms. The summed E-state index contributed by atoms with van der Waals surface area (Å²) in [6.07, 6.45) is 2.15. The molecule has 160 valence electrons.